The molecule has 0 radical (unpaired) electrons. The molecule has 7 heteroatoms. The Labute approximate surface area is 112 Å². The lowest BCUT2D eigenvalue weighted by atomic mass is 10.3. The fourth-order valence-corrected chi connectivity index (χ4v) is 3.37. The molecule has 1 N–H and O–H groups in total. The normalized spacial score (nSPS) is 12.0. The number of aromatic nitrogens is 1. The smallest absolute Gasteiger partial charge is 0.246 e. The van der Waals surface area contributed by atoms with Gasteiger partial charge in [0, 0.05) is 25.5 Å². The monoisotopic (exact) mass is 292 g/mol. The first-order valence-corrected chi connectivity index (χ1v) is 7.56. The van der Waals surface area contributed by atoms with Gasteiger partial charge >= 0.3 is 0 Å². The molecule has 0 bridgehead atoms. The van der Waals surface area contributed by atoms with Gasteiger partial charge in [-0.25, -0.2) is 8.42 Å². The van der Waals surface area contributed by atoms with E-state index in [0.717, 1.165) is 12.8 Å². The molecule has 0 unspecified atom stereocenters. The van der Waals surface area contributed by atoms with Gasteiger partial charge in [-0.1, -0.05) is 24.9 Å². The van der Waals surface area contributed by atoms with E-state index in [1.54, 1.807) is 0 Å². The van der Waals surface area contributed by atoms with Crippen molar-refractivity contribution in [3.05, 3.63) is 23.5 Å². The van der Waals surface area contributed by atoms with Gasteiger partial charge in [0.2, 0.25) is 10.0 Å². The molecule has 0 saturated carbocycles. The van der Waals surface area contributed by atoms with Crippen LogP contribution in [0.3, 0.4) is 0 Å². The fourth-order valence-electron chi connectivity index (χ4n) is 1.49. The zero-order valence-electron chi connectivity index (χ0n) is 10.2. The van der Waals surface area contributed by atoms with Gasteiger partial charge in [0.1, 0.15) is 4.90 Å². The lowest BCUT2D eigenvalue weighted by Gasteiger charge is -2.21. The maximum absolute atomic E-state index is 12.3. The van der Waals surface area contributed by atoms with Gasteiger partial charge in [0.25, 0.3) is 0 Å². The second kappa shape index (κ2) is 7.04. The number of sulfonamides is 1. The first-order chi connectivity index (χ1) is 8.54. The third-order valence-corrected chi connectivity index (χ3v) is 4.83. The number of unbranched alkanes of at least 4 members (excludes halogenated alkanes) is 1. The number of pyridine rings is 1. The minimum absolute atomic E-state index is 0.0174. The molecular formula is C11H17ClN2O3S. The maximum atomic E-state index is 12.3. The zero-order valence-corrected chi connectivity index (χ0v) is 11.8. The molecule has 0 aliphatic carbocycles. The lowest BCUT2D eigenvalue weighted by molar-refractivity contribution is 0.252. The highest BCUT2D eigenvalue weighted by atomic mass is 35.5. The van der Waals surface area contributed by atoms with Crippen molar-refractivity contribution >= 4 is 21.6 Å². The molecule has 0 fully saturated rings. The molecule has 0 atom stereocenters. The quantitative estimate of drug-likeness (QED) is 0.827. The summed E-state index contributed by atoms with van der Waals surface area (Å²) in [6.45, 7) is 2.18. The van der Waals surface area contributed by atoms with Crippen molar-refractivity contribution < 1.29 is 13.5 Å². The van der Waals surface area contributed by atoms with Crippen LogP contribution in [0.5, 0.6) is 0 Å². The van der Waals surface area contributed by atoms with Crippen LogP contribution in [-0.2, 0) is 10.0 Å². The van der Waals surface area contributed by atoms with Gasteiger partial charge in [-0.3, -0.25) is 4.98 Å². The molecule has 1 aromatic heterocycles. The summed E-state index contributed by atoms with van der Waals surface area (Å²) < 4.78 is 25.9. The molecular weight excluding hydrogens is 276 g/mol. The standard InChI is InChI=1S/C11H17ClN2O3S/c1-2-3-6-14(7-8-15)18(16,17)11-9-13-5-4-10(11)12/h4-5,9,15H,2-3,6-8H2,1H3. The molecule has 0 aliphatic rings. The molecule has 18 heavy (non-hydrogen) atoms. The summed E-state index contributed by atoms with van der Waals surface area (Å²) in [7, 11) is -3.69. The van der Waals surface area contributed by atoms with E-state index in [9.17, 15) is 8.42 Å². The Balaban J connectivity index is 3.05. The highest BCUT2D eigenvalue weighted by Gasteiger charge is 2.25. The van der Waals surface area contributed by atoms with Crippen LogP contribution in [0.2, 0.25) is 5.02 Å². The van der Waals surface area contributed by atoms with Gasteiger partial charge < -0.3 is 5.11 Å². The van der Waals surface area contributed by atoms with Crippen molar-refractivity contribution in [3.8, 4) is 0 Å². The first-order valence-electron chi connectivity index (χ1n) is 5.74. The summed E-state index contributed by atoms with van der Waals surface area (Å²) in [4.78, 5) is 3.76. The predicted octanol–water partition coefficient (Wildman–Crippen LogP) is 1.52. The van der Waals surface area contributed by atoms with Gasteiger partial charge in [-0.2, -0.15) is 4.31 Å². The van der Waals surface area contributed by atoms with Crippen LogP contribution in [0, 0.1) is 0 Å². The number of aliphatic hydroxyl groups is 1. The van der Waals surface area contributed by atoms with Crippen LogP contribution in [0.4, 0.5) is 0 Å². The van der Waals surface area contributed by atoms with Crippen LogP contribution in [0.1, 0.15) is 19.8 Å². The Kier molecular flexibility index (Phi) is 6.01. The Morgan fingerprint density at radius 3 is 2.72 bits per heavy atom. The molecule has 1 rings (SSSR count). The Morgan fingerprint density at radius 2 is 2.17 bits per heavy atom. The fraction of sp³-hybridized carbons (Fsp3) is 0.545. The molecule has 0 aromatic carbocycles. The minimum Gasteiger partial charge on any atom is -0.395 e. The van der Waals surface area contributed by atoms with Gasteiger partial charge in [-0.15, -0.1) is 0 Å². The minimum atomic E-state index is -3.69. The van der Waals surface area contributed by atoms with E-state index in [2.05, 4.69) is 4.98 Å². The van der Waals surface area contributed by atoms with E-state index < -0.39 is 10.0 Å². The second-order valence-electron chi connectivity index (χ2n) is 3.79. The van der Waals surface area contributed by atoms with E-state index in [-0.39, 0.29) is 23.1 Å². The maximum Gasteiger partial charge on any atom is 0.246 e. The van der Waals surface area contributed by atoms with Crippen LogP contribution in [0.25, 0.3) is 0 Å². The number of aliphatic hydroxyl groups excluding tert-OH is 1. The third-order valence-electron chi connectivity index (χ3n) is 2.46. The highest BCUT2D eigenvalue weighted by molar-refractivity contribution is 7.89. The van der Waals surface area contributed by atoms with E-state index in [1.807, 2.05) is 6.92 Å². The average Bonchev–Trinajstić information content (AvgIpc) is 2.34. The van der Waals surface area contributed by atoms with Crippen LogP contribution in [-0.4, -0.2) is 42.5 Å². The first kappa shape index (κ1) is 15.4. The van der Waals surface area contributed by atoms with E-state index >= 15 is 0 Å². The molecule has 1 heterocycles. The van der Waals surface area contributed by atoms with Crippen molar-refractivity contribution in [3.63, 3.8) is 0 Å². The van der Waals surface area contributed by atoms with E-state index in [1.165, 1.54) is 22.8 Å². The number of hydrogen-bond donors (Lipinski definition) is 1. The summed E-state index contributed by atoms with van der Waals surface area (Å²) in [6.07, 6.45) is 4.27. The van der Waals surface area contributed by atoms with Crippen molar-refractivity contribution in [2.75, 3.05) is 19.7 Å². The topological polar surface area (TPSA) is 70.5 Å². The summed E-state index contributed by atoms with van der Waals surface area (Å²) in [5.41, 5.74) is 0. The highest BCUT2D eigenvalue weighted by Crippen LogP contribution is 2.23. The molecule has 5 nitrogen and oxygen atoms in total. The Morgan fingerprint density at radius 1 is 1.44 bits per heavy atom. The van der Waals surface area contributed by atoms with Gasteiger partial charge in [-0.05, 0) is 12.5 Å². The lowest BCUT2D eigenvalue weighted by Crippen LogP contribution is -2.34. The Hall–Kier alpha value is -0.690. The molecule has 102 valence electrons. The van der Waals surface area contributed by atoms with Crippen LogP contribution in [0.15, 0.2) is 23.4 Å². The summed E-state index contributed by atoms with van der Waals surface area (Å²) in [5, 5.41) is 9.10. The van der Waals surface area contributed by atoms with Crippen LogP contribution >= 0.6 is 11.6 Å². The third kappa shape index (κ3) is 3.65. The predicted molar refractivity (Wildman–Crippen MR) is 70.0 cm³/mol. The molecule has 1 aromatic rings. The van der Waals surface area contributed by atoms with Crippen molar-refractivity contribution in [1.82, 2.24) is 9.29 Å². The number of halogens is 1. The molecule has 0 saturated heterocycles. The summed E-state index contributed by atoms with van der Waals surface area (Å²) >= 11 is 5.88. The summed E-state index contributed by atoms with van der Waals surface area (Å²) in [6, 6.07) is 1.44. The van der Waals surface area contributed by atoms with Crippen LogP contribution < -0.4 is 0 Å². The van der Waals surface area contributed by atoms with Gasteiger partial charge in [0.05, 0.1) is 11.6 Å². The Bertz CT molecular complexity index is 479. The van der Waals surface area contributed by atoms with E-state index in [4.69, 9.17) is 16.7 Å². The summed E-state index contributed by atoms with van der Waals surface area (Å²) in [5.74, 6) is 0. The molecule has 0 spiro atoms. The zero-order chi connectivity index (χ0) is 13.6. The largest absolute Gasteiger partial charge is 0.395 e. The van der Waals surface area contributed by atoms with Crippen molar-refractivity contribution in [2.45, 2.75) is 24.7 Å². The number of nitrogens with zero attached hydrogens (tertiary/aromatic N) is 2. The molecule has 0 aliphatic heterocycles. The average molecular weight is 293 g/mol. The second-order valence-corrected chi connectivity index (χ2v) is 6.10. The van der Waals surface area contributed by atoms with Crippen molar-refractivity contribution in [2.24, 2.45) is 0 Å². The number of rotatable bonds is 7. The SMILES string of the molecule is CCCCN(CCO)S(=O)(=O)c1cnccc1Cl. The van der Waals surface area contributed by atoms with Gasteiger partial charge in [0.15, 0.2) is 0 Å². The van der Waals surface area contributed by atoms with Crippen molar-refractivity contribution in [1.29, 1.82) is 0 Å². The molecule has 0 amide bonds. The van der Waals surface area contributed by atoms with E-state index in [0.29, 0.717) is 6.54 Å². The number of hydrogen-bond acceptors (Lipinski definition) is 4.